The minimum Gasteiger partial charge on any atom is -0.478 e. The van der Waals surface area contributed by atoms with E-state index in [2.05, 4.69) is 34.9 Å². The summed E-state index contributed by atoms with van der Waals surface area (Å²) in [6, 6.07) is 23.5. The molecule has 162 valence electrons. The molecule has 0 saturated carbocycles. The van der Waals surface area contributed by atoms with Crippen LogP contribution >= 0.6 is 0 Å². The third kappa shape index (κ3) is 6.41. The van der Waals surface area contributed by atoms with Crippen LogP contribution in [0.3, 0.4) is 0 Å². The van der Waals surface area contributed by atoms with E-state index < -0.39 is 12.1 Å². The fourth-order valence-corrected chi connectivity index (χ4v) is 3.47. The van der Waals surface area contributed by atoms with Gasteiger partial charge in [0.25, 0.3) is 0 Å². The Morgan fingerprint density at radius 2 is 1.61 bits per heavy atom. The second kappa shape index (κ2) is 10.8. The standard InChI is InChI=1S/C26H30N2O3/c1-18(2)28-24-16-22(12-13-23(24)26(30)31)20-10-8-19(9-11-20)14-15-27-17-25(29)21-6-4-3-5-7-21/h3-13,16,18,25,27-29H,14-15,17H2,1-2H3,(H,30,31)/t25-/m1/s1. The van der Waals surface area contributed by atoms with Gasteiger partial charge in [-0.05, 0) is 61.2 Å². The highest BCUT2D eigenvalue weighted by Gasteiger charge is 2.12. The van der Waals surface area contributed by atoms with Crippen molar-refractivity contribution in [3.8, 4) is 11.1 Å². The zero-order valence-corrected chi connectivity index (χ0v) is 18.0. The van der Waals surface area contributed by atoms with E-state index in [1.165, 1.54) is 5.56 Å². The molecule has 4 N–H and O–H groups in total. The molecule has 0 aromatic heterocycles. The Balaban J connectivity index is 1.58. The Bertz CT molecular complexity index is 985. The van der Waals surface area contributed by atoms with Crippen LogP contribution in [-0.2, 0) is 6.42 Å². The van der Waals surface area contributed by atoms with Gasteiger partial charge in [-0.3, -0.25) is 0 Å². The van der Waals surface area contributed by atoms with Crippen LogP contribution in [0.1, 0.15) is 41.4 Å². The number of hydrogen-bond donors (Lipinski definition) is 4. The monoisotopic (exact) mass is 418 g/mol. The van der Waals surface area contributed by atoms with Crippen molar-refractivity contribution in [2.24, 2.45) is 0 Å². The summed E-state index contributed by atoms with van der Waals surface area (Å²) in [6.45, 7) is 5.27. The van der Waals surface area contributed by atoms with Crippen molar-refractivity contribution in [2.75, 3.05) is 18.4 Å². The van der Waals surface area contributed by atoms with Crippen molar-refractivity contribution in [1.29, 1.82) is 0 Å². The van der Waals surface area contributed by atoms with Gasteiger partial charge in [-0.15, -0.1) is 0 Å². The van der Waals surface area contributed by atoms with Gasteiger partial charge in [0, 0.05) is 18.3 Å². The molecule has 0 amide bonds. The van der Waals surface area contributed by atoms with Gasteiger partial charge in [-0.2, -0.15) is 0 Å². The Hall–Kier alpha value is -3.15. The number of nitrogens with one attached hydrogen (secondary N) is 2. The summed E-state index contributed by atoms with van der Waals surface area (Å²) in [5, 5.41) is 26.2. The number of rotatable bonds is 10. The molecule has 3 aromatic carbocycles. The minimum atomic E-state index is -0.935. The quantitative estimate of drug-likeness (QED) is 0.358. The van der Waals surface area contributed by atoms with Crippen molar-refractivity contribution in [2.45, 2.75) is 32.4 Å². The van der Waals surface area contributed by atoms with Crippen molar-refractivity contribution in [1.82, 2.24) is 5.32 Å². The van der Waals surface area contributed by atoms with Gasteiger partial charge >= 0.3 is 5.97 Å². The van der Waals surface area contributed by atoms with Crippen LogP contribution in [0, 0.1) is 0 Å². The number of anilines is 1. The zero-order chi connectivity index (χ0) is 22.2. The number of carbonyl (C=O) groups is 1. The third-order valence-corrected chi connectivity index (χ3v) is 5.09. The minimum absolute atomic E-state index is 0.142. The van der Waals surface area contributed by atoms with Crippen LogP contribution in [0.2, 0.25) is 0 Å². The predicted molar refractivity (Wildman–Crippen MR) is 126 cm³/mol. The first-order valence-corrected chi connectivity index (χ1v) is 10.6. The van der Waals surface area contributed by atoms with E-state index in [-0.39, 0.29) is 11.6 Å². The highest BCUT2D eigenvalue weighted by molar-refractivity contribution is 5.95. The SMILES string of the molecule is CC(C)Nc1cc(-c2ccc(CCNC[C@@H](O)c3ccccc3)cc2)ccc1C(=O)O. The summed E-state index contributed by atoms with van der Waals surface area (Å²) < 4.78 is 0. The molecular formula is C26H30N2O3. The van der Waals surface area contributed by atoms with Crippen LogP contribution in [0.4, 0.5) is 5.69 Å². The molecule has 1 atom stereocenters. The largest absolute Gasteiger partial charge is 0.478 e. The Morgan fingerprint density at radius 3 is 2.26 bits per heavy atom. The third-order valence-electron chi connectivity index (χ3n) is 5.09. The number of hydrogen-bond acceptors (Lipinski definition) is 4. The molecule has 5 heteroatoms. The van der Waals surface area contributed by atoms with Gasteiger partial charge in [-0.25, -0.2) is 4.79 Å². The summed E-state index contributed by atoms with van der Waals surface area (Å²) in [5.41, 5.74) is 5.04. The van der Waals surface area contributed by atoms with E-state index in [1.54, 1.807) is 6.07 Å². The lowest BCUT2D eigenvalue weighted by Crippen LogP contribution is -2.23. The molecule has 0 aliphatic rings. The molecule has 5 nitrogen and oxygen atoms in total. The maximum absolute atomic E-state index is 11.5. The molecule has 31 heavy (non-hydrogen) atoms. The fourth-order valence-electron chi connectivity index (χ4n) is 3.47. The molecule has 0 fully saturated rings. The van der Waals surface area contributed by atoms with Gasteiger partial charge in [0.2, 0.25) is 0 Å². The Kier molecular flexibility index (Phi) is 7.82. The topological polar surface area (TPSA) is 81.6 Å². The fraction of sp³-hybridized carbons (Fsp3) is 0.269. The normalized spacial score (nSPS) is 12.0. The second-order valence-electron chi connectivity index (χ2n) is 7.94. The molecule has 0 spiro atoms. The number of aromatic carboxylic acids is 1. The molecule has 3 aromatic rings. The van der Waals surface area contributed by atoms with E-state index >= 15 is 0 Å². The summed E-state index contributed by atoms with van der Waals surface area (Å²) in [7, 11) is 0. The summed E-state index contributed by atoms with van der Waals surface area (Å²) in [6.07, 6.45) is 0.353. The maximum atomic E-state index is 11.5. The van der Waals surface area contributed by atoms with E-state index in [9.17, 15) is 15.0 Å². The van der Waals surface area contributed by atoms with Gasteiger partial charge in [0.05, 0.1) is 11.7 Å². The maximum Gasteiger partial charge on any atom is 0.337 e. The van der Waals surface area contributed by atoms with Gasteiger partial charge in [0.15, 0.2) is 0 Å². The Morgan fingerprint density at radius 1 is 0.935 bits per heavy atom. The molecule has 0 heterocycles. The van der Waals surface area contributed by atoms with E-state index in [4.69, 9.17) is 0 Å². The van der Waals surface area contributed by atoms with Crippen LogP contribution in [0.25, 0.3) is 11.1 Å². The Labute approximate surface area is 183 Å². The number of aliphatic hydroxyl groups is 1. The van der Waals surface area contributed by atoms with Crippen molar-refractivity contribution in [3.63, 3.8) is 0 Å². The first kappa shape index (κ1) is 22.5. The second-order valence-corrected chi connectivity index (χ2v) is 7.94. The molecule has 0 aliphatic carbocycles. The summed E-state index contributed by atoms with van der Waals surface area (Å²) in [5.74, 6) is -0.935. The first-order valence-electron chi connectivity index (χ1n) is 10.6. The van der Waals surface area contributed by atoms with Gasteiger partial charge in [0.1, 0.15) is 0 Å². The van der Waals surface area contributed by atoms with Crippen molar-refractivity contribution >= 4 is 11.7 Å². The van der Waals surface area contributed by atoms with Crippen LogP contribution in [-0.4, -0.2) is 35.3 Å². The smallest absolute Gasteiger partial charge is 0.337 e. The summed E-state index contributed by atoms with van der Waals surface area (Å²) >= 11 is 0. The van der Waals surface area contributed by atoms with Crippen LogP contribution < -0.4 is 10.6 Å². The lowest BCUT2D eigenvalue weighted by molar-refractivity contribution is 0.0698. The highest BCUT2D eigenvalue weighted by atomic mass is 16.4. The van der Waals surface area contributed by atoms with E-state index in [1.807, 2.05) is 56.3 Å². The molecule has 3 rings (SSSR count). The molecule has 0 bridgehead atoms. The molecule has 0 radical (unpaired) electrons. The highest BCUT2D eigenvalue weighted by Crippen LogP contribution is 2.27. The lowest BCUT2D eigenvalue weighted by Gasteiger charge is -2.15. The lowest BCUT2D eigenvalue weighted by atomic mass is 10.00. The number of aliphatic hydroxyl groups excluding tert-OH is 1. The predicted octanol–water partition coefficient (Wildman–Crippen LogP) is 4.74. The zero-order valence-electron chi connectivity index (χ0n) is 18.0. The van der Waals surface area contributed by atoms with Gasteiger partial charge in [-0.1, -0.05) is 60.7 Å². The van der Waals surface area contributed by atoms with E-state index in [0.29, 0.717) is 12.2 Å². The molecule has 0 aliphatic heterocycles. The average molecular weight is 419 g/mol. The first-order chi connectivity index (χ1) is 14.9. The molecule has 0 unspecified atom stereocenters. The number of carboxylic acid groups (broad SMARTS) is 1. The van der Waals surface area contributed by atoms with Crippen molar-refractivity contribution in [3.05, 3.63) is 89.5 Å². The van der Waals surface area contributed by atoms with E-state index in [0.717, 1.165) is 29.7 Å². The average Bonchev–Trinajstić information content (AvgIpc) is 2.77. The number of carboxylic acids is 1. The molecule has 0 saturated heterocycles. The van der Waals surface area contributed by atoms with Crippen molar-refractivity contribution < 1.29 is 15.0 Å². The summed E-state index contributed by atoms with van der Waals surface area (Å²) in [4.78, 5) is 11.5. The number of benzene rings is 3. The van der Waals surface area contributed by atoms with Crippen LogP contribution in [0.15, 0.2) is 72.8 Å². The van der Waals surface area contributed by atoms with Crippen LogP contribution in [0.5, 0.6) is 0 Å². The van der Waals surface area contributed by atoms with Gasteiger partial charge < -0.3 is 20.8 Å². The molecular weight excluding hydrogens is 388 g/mol.